The van der Waals surface area contributed by atoms with Gasteiger partial charge in [-0.05, 0) is 120 Å². The number of nitrogens with two attached hydrogens (primary N) is 1. The first-order valence-corrected chi connectivity index (χ1v) is 39.8. The number of amides is 15. The fourth-order valence-electron chi connectivity index (χ4n) is 12.1. The van der Waals surface area contributed by atoms with E-state index in [9.17, 15) is 132 Å². The van der Waals surface area contributed by atoms with E-state index in [4.69, 9.17) is 5.73 Å². The molecule has 0 saturated carbocycles. The Kier molecular flexibility index (Phi) is 44.2. The monoisotopic (exact) mass is 1730 g/mol. The number of nitrogens with one attached hydrogen (secondary N) is 15. The Labute approximate surface area is 709 Å². The molecule has 0 bridgehead atoms. The van der Waals surface area contributed by atoms with E-state index in [0.717, 1.165) is 13.8 Å². The van der Waals surface area contributed by atoms with Crippen molar-refractivity contribution in [1.29, 1.82) is 0 Å². The van der Waals surface area contributed by atoms with Crippen molar-refractivity contribution in [2.45, 2.75) is 230 Å². The molecule has 3 rings (SSSR count). The number of unbranched alkanes of at least 4 members (excludes halogenated alkanes) is 1. The lowest BCUT2D eigenvalue weighted by Crippen LogP contribution is -2.63. The van der Waals surface area contributed by atoms with Gasteiger partial charge in [0.2, 0.25) is 88.6 Å². The van der Waals surface area contributed by atoms with E-state index < -0.39 is 267 Å². The summed E-state index contributed by atoms with van der Waals surface area (Å²) in [6.07, 6.45) is -6.37. The van der Waals surface area contributed by atoms with Gasteiger partial charge >= 0.3 is 17.9 Å². The second-order valence-corrected chi connectivity index (χ2v) is 30.6. The minimum atomic E-state index is -2.22. The van der Waals surface area contributed by atoms with Gasteiger partial charge in [-0.1, -0.05) is 95.1 Å². The highest BCUT2D eigenvalue weighted by Gasteiger charge is 2.42. The number of hydrogen-bond acceptors (Lipinski definition) is 25. The van der Waals surface area contributed by atoms with Crippen molar-refractivity contribution in [3.8, 4) is 11.5 Å². The molecule has 3 aromatic rings. The summed E-state index contributed by atoms with van der Waals surface area (Å²) in [7, 11) is 1.25. The van der Waals surface area contributed by atoms with Crippen LogP contribution in [0.1, 0.15) is 137 Å². The minimum absolute atomic E-state index is 0.0765. The molecule has 43 heteroatoms. The van der Waals surface area contributed by atoms with Crippen molar-refractivity contribution in [3.05, 3.63) is 95.6 Å². The molecular weight excluding hydrogens is 1620 g/mol. The van der Waals surface area contributed by atoms with Gasteiger partial charge in [0.25, 0.3) is 0 Å². The lowest BCUT2D eigenvalue weighted by atomic mass is 9.90. The number of aliphatic hydroxyl groups excluding tert-OH is 4. The summed E-state index contributed by atoms with van der Waals surface area (Å²) in [5, 5.41) is 127. The third-order valence-electron chi connectivity index (χ3n) is 19.4. The summed E-state index contributed by atoms with van der Waals surface area (Å²) >= 11 is 0. The number of aromatic hydroxyl groups is 2. The zero-order valence-electron chi connectivity index (χ0n) is 70.1. The summed E-state index contributed by atoms with van der Waals surface area (Å²) in [6.45, 7) is 9.65. The summed E-state index contributed by atoms with van der Waals surface area (Å²) in [5.74, 6) is -23.3. The number of carbonyl (C=O) groups excluding carboxylic acids is 15. The number of phenolic OH excluding ortho intramolecular Hbond substituents is 2. The number of carboxylic acids is 3. The van der Waals surface area contributed by atoms with Crippen LogP contribution in [-0.4, -0.2) is 277 Å². The maximum absolute atomic E-state index is 14.7. The van der Waals surface area contributed by atoms with E-state index in [0.29, 0.717) is 36.9 Å². The van der Waals surface area contributed by atoms with Crippen molar-refractivity contribution in [2.75, 3.05) is 33.4 Å². The van der Waals surface area contributed by atoms with E-state index >= 15 is 0 Å². The molecule has 0 aromatic heterocycles. The molecule has 0 spiro atoms. The average molecular weight is 1740 g/mol. The van der Waals surface area contributed by atoms with E-state index in [1.54, 1.807) is 45.9 Å². The molecule has 26 N–H and O–H groups in total. The van der Waals surface area contributed by atoms with Crippen LogP contribution in [0.15, 0.2) is 78.9 Å². The van der Waals surface area contributed by atoms with Crippen molar-refractivity contribution in [1.82, 2.24) is 79.8 Å². The zero-order chi connectivity index (χ0) is 92.7. The largest absolute Gasteiger partial charge is 0.508 e. The number of carboxylic acid groups (broad SMARTS) is 3. The molecule has 0 aliphatic rings. The zero-order valence-corrected chi connectivity index (χ0v) is 70.1. The van der Waals surface area contributed by atoms with E-state index in [1.165, 1.54) is 88.5 Å². The number of phenols is 2. The number of aliphatic carboxylic acids is 3. The van der Waals surface area contributed by atoms with Gasteiger partial charge in [-0.2, -0.15) is 0 Å². The van der Waals surface area contributed by atoms with E-state index in [2.05, 4.69) is 79.8 Å². The molecule has 16 atom stereocenters. The van der Waals surface area contributed by atoms with Crippen molar-refractivity contribution in [3.63, 3.8) is 0 Å². The fourth-order valence-corrected chi connectivity index (χ4v) is 12.1. The number of rotatable bonds is 54. The molecule has 680 valence electrons. The molecule has 123 heavy (non-hydrogen) atoms. The Morgan fingerprint density at radius 1 is 0.398 bits per heavy atom. The second kappa shape index (κ2) is 52.0. The smallest absolute Gasteiger partial charge is 0.305 e. The predicted molar refractivity (Wildman–Crippen MR) is 436 cm³/mol. The molecule has 0 radical (unpaired) electrons. The van der Waals surface area contributed by atoms with Crippen LogP contribution in [-0.2, 0) is 106 Å². The second-order valence-electron chi connectivity index (χ2n) is 30.6. The molecule has 0 heterocycles. The van der Waals surface area contributed by atoms with Crippen LogP contribution in [0.2, 0.25) is 0 Å². The highest BCUT2D eigenvalue weighted by molar-refractivity contribution is 6.06. The first-order chi connectivity index (χ1) is 57.8. The molecule has 0 fully saturated rings. The van der Waals surface area contributed by atoms with Crippen molar-refractivity contribution < 1.29 is 132 Å². The van der Waals surface area contributed by atoms with Crippen LogP contribution in [0.25, 0.3) is 0 Å². The van der Waals surface area contributed by atoms with Gasteiger partial charge in [-0.15, -0.1) is 0 Å². The Balaban J connectivity index is 1.93. The van der Waals surface area contributed by atoms with Crippen LogP contribution in [0.5, 0.6) is 11.5 Å². The maximum atomic E-state index is 14.7. The van der Waals surface area contributed by atoms with Crippen molar-refractivity contribution >= 4 is 107 Å². The van der Waals surface area contributed by atoms with Crippen LogP contribution < -0.4 is 85.5 Å². The molecule has 15 amide bonds. The number of benzene rings is 3. The average Bonchev–Trinajstić information content (AvgIpc) is 0.848. The summed E-state index contributed by atoms with van der Waals surface area (Å²) in [6, 6.07) is -4.26. The normalized spacial score (nSPS) is 15.1. The first-order valence-electron chi connectivity index (χ1n) is 39.8. The van der Waals surface area contributed by atoms with E-state index in [-0.39, 0.29) is 42.2 Å². The topological polar surface area (TPSA) is 696 Å². The third-order valence-corrected chi connectivity index (χ3v) is 19.4. The maximum Gasteiger partial charge on any atom is 0.305 e. The van der Waals surface area contributed by atoms with Crippen LogP contribution in [0, 0.1) is 17.3 Å². The molecule has 43 nitrogen and oxygen atoms in total. The number of aliphatic hydroxyl groups is 4. The van der Waals surface area contributed by atoms with Crippen molar-refractivity contribution in [2.24, 2.45) is 23.0 Å². The van der Waals surface area contributed by atoms with Gasteiger partial charge in [0, 0.05) is 38.8 Å². The van der Waals surface area contributed by atoms with Gasteiger partial charge in [-0.25, -0.2) is 0 Å². The number of carbonyl (C=O) groups is 18. The first kappa shape index (κ1) is 105. The molecular formula is C80H118N16O27. The fraction of sp³-hybridized carbons (Fsp3) is 0.550. The molecule has 3 aromatic carbocycles. The standard InChI is InChI=1S/C80H118N16O27/c1-11-41(4)63(75(119)89-53(34-47-22-26-49(102)27-23-47)69(113)85-51(31-40(2)3)68(112)87-55(35-61(106)107)67(111)84-42(5)17-15-16-30-81)95-74(118)58(39-98)91-70(114)52(33-46-20-24-48(101)25-21-46)86-71(115)56(36-62(108)109)88-73(117)57(38-97)92-77(121)65(44(7)100)96-72(116)54(32-45-18-13-12-14-19-45)90-76(120)64(43(6)99)94-59(103)37-83-66(110)50(28-29-60(104)105)93-79(123)80(8,9)78(122)82-10/h12-14,18-27,40-44,50-58,63-65,97-102H,11,15-17,28-39,81H2,1-10H3,(H,82,122)(H,83,110)(H,84,111)(H,85,113)(H,86,115)(H,87,112)(H,88,117)(H,89,119)(H,90,120)(H,91,114)(H,92,121)(H,93,123)(H,94,103)(H,95,118)(H,96,116)(H,104,105)(H,106,107)(H,108,109)/t41-,42+,43+,44+,50-,51-,52-,53-,54-,55-,56-,57-,58-,63-,64-,65-/m0/s1. The molecule has 0 aliphatic heterocycles. The van der Waals surface area contributed by atoms with Crippen LogP contribution in [0.3, 0.4) is 0 Å². The lowest BCUT2D eigenvalue weighted by Gasteiger charge is -2.30. The Morgan fingerprint density at radius 3 is 1.20 bits per heavy atom. The summed E-state index contributed by atoms with van der Waals surface area (Å²) in [5.41, 5.74) is 4.74. The quantitative estimate of drug-likeness (QED) is 0.0185. The lowest BCUT2D eigenvalue weighted by molar-refractivity contribution is -0.144. The molecule has 0 unspecified atom stereocenters. The van der Waals surface area contributed by atoms with Gasteiger partial charge in [0.1, 0.15) is 89.4 Å². The summed E-state index contributed by atoms with van der Waals surface area (Å²) < 4.78 is 0. The Morgan fingerprint density at radius 2 is 0.772 bits per heavy atom. The number of hydrogen-bond donors (Lipinski definition) is 25. The SMILES string of the molecule is CC[C@H](C)[C@H](NC(=O)[C@H](CO)NC(=O)[C@H](Cc1ccc(O)cc1)NC(=O)[C@H](CC(=O)O)NC(=O)[C@H](CO)NC(=O)[C@@H](NC(=O)[C@H](Cc1ccccc1)NC(=O)[C@@H](NC(=O)CNC(=O)[C@H](CCC(=O)O)NC(=O)C(C)(C)C(=O)NC)[C@@H](C)O)[C@@H](C)O)C(=O)N[C@@H](Cc1ccc(O)cc1)C(=O)N[C@@H](CC(C)C)C(=O)N[C@@H](CC(=O)O)C(=O)N[C@H](C)CCCCN. The summed E-state index contributed by atoms with van der Waals surface area (Å²) in [4.78, 5) is 245. The van der Waals surface area contributed by atoms with Crippen LogP contribution >= 0.6 is 0 Å². The third kappa shape index (κ3) is 36.4. The van der Waals surface area contributed by atoms with Gasteiger partial charge < -0.3 is 131 Å². The highest BCUT2D eigenvalue weighted by Crippen LogP contribution is 2.20. The van der Waals surface area contributed by atoms with Crippen LogP contribution in [0.4, 0.5) is 0 Å². The molecule has 0 saturated heterocycles. The molecule has 0 aliphatic carbocycles. The van der Waals surface area contributed by atoms with E-state index in [1.807, 2.05) is 0 Å². The van der Waals surface area contributed by atoms with Gasteiger partial charge in [-0.3, -0.25) is 86.3 Å². The Bertz CT molecular complexity index is 4120. The Hall–Kier alpha value is -12.5. The minimum Gasteiger partial charge on any atom is -0.508 e. The van der Waals surface area contributed by atoms with Gasteiger partial charge in [0.15, 0.2) is 0 Å². The highest BCUT2D eigenvalue weighted by atomic mass is 16.4. The van der Waals surface area contributed by atoms with Gasteiger partial charge in [0.05, 0.1) is 44.8 Å². The predicted octanol–water partition coefficient (Wildman–Crippen LogP) is -5.88.